The summed E-state index contributed by atoms with van der Waals surface area (Å²) in [5.74, 6) is 3.87. The molecule has 1 heterocycles. The molecule has 0 fully saturated rings. The van der Waals surface area contributed by atoms with E-state index in [-0.39, 0.29) is 40.5 Å². The number of nitro groups is 1. The Morgan fingerprint density at radius 2 is 2.00 bits per heavy atom. The number of benzene rings is 2. The summed E-state index contributed by atoms with van der Waals surface area (Å²) in [4.78, 5) is 31.0. The molecule has 0 saturated heterocycles. The average Bonchev–Trinajstić information content (AvgIpc) is 2.81. The number of nitrogens with one attached hydrogen (secondary N) is 1. The molecule has 2 aromatic carbocycles. The van der Waals surface area contributed by atoms with Crippen LogP contribution >= 0.6 is 0 Å². The van der Waals surface area contributed by atoms with Crippen LogP contribution in [-0.4, -0.2) is 28.8 Å². The Morgan fingerprint density at radius 3 is 2.68 bits per heavy atom. The minimum absolute atomic E-state index is 0.0319. The number of rotatable bonds is 3. The molecule has 8 nitrogen and oxygen atoms in total. The van der Waals surface area contributed by atoms with Crippen molar-refractivity contribution in [2.24, 2.45) is 15.8 Å². The van der Waals surface area contributed by atoms with Gasteiger partial charge in [-0.25, -0.2) is 15.2 Å². The predicted molar refractivity (Wildman–Crippen MR) is 89.4 cm³/mol. The van der Waals surface area contributed by atoms with E-state index in [1.165, 1.54) is 36.4 Å². The highest BCUT2D eigenvalue weighted by Crippen LogP contribution is 2.33. The summed E-state index contributed by atoms with van der Waals surface area (Å²) < 4.78 is 14.3. The van der Waals surface area contributed by atoms with Crippen molar-refractivity contribution in [2.45, 2.75) is 0 Å². The molecule has 126 valence electrons. The number of carbonyl (C=O) groups is 1. The molecule has 0 aliphatic carbocycles. The molecular weight excluding hydrogens is 329 g/mol. The maximum absolute atomic E-state index is 14.3. The van der Waals surface area contributed by atoms with Crippen LogP contribution in [0.4, 0.5) is 15.8 Å². The van der Waals surface area contributed by atoms with Gasteiger partial charge in [0.1, 0.15) is 17.1 Å². The van der Waals surface area contributed by atoms with Crippen LogP contribution in [0, 0.1) is 15.9 Å². The highest BCUT2D eigenvalue weighted by atomic mass is 19.1. The minimum atomic E-state index is -0.670. The number of nitrogens with two attached hydrogens (primary N) is 1. The van der Waals surface area contributed by atoms with E-state index in [1.807, 2.05) is 5.43 Å². The molecule has 25 heavy (non-hydrogen) atoms. The van der Waals surface area contributed by atoms with Gasteiger partial charge in [0.15, 0.2) is 0 Å². The van der Waals surface area contributed by atoms with E-state index in [0.29, 0.717) is 0 Å². The zero-order valence-electron chi connectivity index (χ0n) is 12.8. The Bertz CT molecular complexity index is 939. The standard InChI is InChI=1S/C16H12FN5O3/c17-10-5-2-1-4-9(10)15-14-11(6-3-7-13(14)22(24)25)20-12(8-19-15)16(23)21-18/h1-7H,8,18H2,(H,21,23). The molecule has 0 spiro atoms. The quantitative estimate of drug-likeness (QED) is 0.381. The third-order valence-corrected chi connectivity index (χ3v) is 3.62. The first-order valence-electron chi connectivity index (χ1n) is 7.18. The number of fused-ring (bicyclic) bond motifs is 1. The van der Waals surface area contributed by atoms with E-state index in [0.717, 1.165) is 0 Å². The van der Waals surface area contributed by atoms with Gasteiger partial charge >= 0.3 is 0 Å². The lowest BCUT2D eigenvalue weighted by atomic mass is 9.98. The van der Waals surface area contributed by atoms with Crippen molar-refractivity contribution in [3.63, 3.8) is 0 Å². The van der Waals surface area contributed by atoms with Crippen molar-refractivity contribution < 1.29 is 14.1 Å². The van der Waals surface area contributed by atoms with E-state index < -0.39 is 16.6 Å². The number of nitro benzene ring substituents is 1. The maximum Gasteiger partial charge on any atom is 0.281 e. The molecule has 1 aliphatic rings. The van der Waals surface area contributed by atoms with Crippen LogP contribution in [0.25, 0.3) is 0 Å². The second-order valence-electron chi connectivity index (χ2n) is 5.11. The summed E-state index contributed by atoms with van der Waals surface area (Å²) in [5.41, 5.74) is 1.98. The second-order valence-corrected chi connectivity index (χ2v) is 5.11. The third kappa shape index (κ3) is 3.00. The molecule has 0 aromatic heterocycles. The van der Waals surface area contributed by atoms with Gasteiger partial charge in [0.25, 0.3) is 11.6 Å². The van der Waals surface area contributed by atoms with Crippen LogP contribution in [0.15, 0.2) is 52.4 Å². The number of hydrogen-bond acceptors (Lipinski definition) is 6. The molecule has 0 bridgehead atoms. The van der Waals surface area contributed by atoms with Gasteiger partial charge in [-0.05, 0) is 18.2 Å². The lowest BCUT2D eigenvalue weighted by molar-refractivity contribution is -0.385. The smallest absolute Gasteiger partial charge is 0.281 e. The summed E-state index contributed by atoms with van der Waals surface area (Å²) in [6.45, 7) is -0.196. The van der Waals surface area contributed by atoms with Crippen LogP contribution in [0.3, 0.4) is 0 Å². The molecule has 9 heteroatoms. The molecule has 0 radical (unpaired) electrons. The molecule has 3 rings (SSSR count). The maximum atomic E-state index is 14.3. The van der Waals surface area contributed by atoms with Crippen molar-refractivity contribution in [3.05, 3.63) is 69.5 Å². The lowest BCUT2D eigenvalue weighted by Crippen LogP contribution is -2.37. The van der Waals surface area contributed by atoms with Crippen molar-refractivity contribution in [1.29, 1.82) is 0 Å². The fourth-order valence-corrected chi connectivity index (χ4v) is 2.51. The Kier molecular flexibility index (Phi) is 4.31. The van der Waals surface area contributed by atoms with Gasteiger partial charge in [-0.2, -0.15) is 0 Å². The summed E-state index contributed by atoms with van der Waals surface area (Å²) in [6, 6.07) is 9.98. The highest BCUT2D eigenvalue weighted by Gasteiger charge is 2.28. The first-order valence-corrected chi connectivity index (χ1v) is 7.18. The van der Waals surface area contributed by atoms with Gasteiger partial charge in [0, 0.05) is 11.6 Å². The van der Waals surface area contributed by atoms with Gasteiger partial charge in [-0.3, -0.25) is 25.3 Å². The zero-order chi connectivity index (χ0) is 18.0. The number of carbonyl (C=O) groups excluding carboxylic acids is 1. The fraction of sp³-hybridized carbons (Fsp3) is 0.0625. The van der Waals surface area contributed by atoms with Crippen molar-refractivity contribution >= 4 is 28.7 Å². The van der Waals surface area contributed by atoms with Gasteiger partial charge in [0.2, 0.25) is 0 Å². The topological polar surface area (TPSA) is 123 Å². The SMILES string of the molecule is NNC(=O)C1=Nc2cccc([N+](=O)[O-])c2C(c2ccccc2F)=NC1. The Balaban J connectivity index is 2.30. The van der Waals surface area contributed by atoms with Crippen LogP contribution < -0.4 is 11.3 Å². The van der Waals surface area contributed by atoms with Crippen LogP contribution in [-0.2, 0) is 4.79 Å². The molecule has 1 amide bonds. The van der Waals surface area contributed by atoms with E-state index >= 15 is 0 Å². The van der Waals surface area contributed by atoms with Gasteiger partial charge < -0.3 is 0 Å². The monoisotopic (exact) mass is 341 g/mol. The van der Waals surface area contributed by atoms with E-state index in [1.54, 1.807) is 6.07 Å². The summed E-state index contributed by atoms with van der Waals surface area (Å²) in [6.07, 6.45) is 0. The number of hydrazine groups is 1. The molecule has 2 aromatic rings. The largest absolute Gasteiger partial charge is 0.289 e. The Morgan fingerprint density at radius 1 is 1.24 bits per heavy atom. The van der Waals surface area contributed by atoms with Gasteiger partial charge in [0.05, 0.1) is 22.9 Å². The number of halogens is 1. The van der Waals surface area contributed by atoms with E-state index in [9.17, 15) is 19.3 Å². The molecular formula is C16H12FN5O3. The van der Waals surface area contributed by atoms with Crippen LogP contribution in [0.5, 0.6) is 0 Å². The summed E-state index contributed by atoms with van der Waals surface area (Å²) in [7, 11) is 0. The molecule has 0 atom stereocenters. The average molecular weight is 341 g/mol. The van der Waals surface area contributed by atoms with Crippen molar-refractivity contribution in [2.75, 3.05) is 6.54 Å². The number of amides is 1. The van der Waals surface area contributed by atoms with Crippen LogP contribution in [0.2, 0.25) is 0 Å². The number of nitrogens with zero attached hydrogens (tertiary/aromatic N) is 3. The highest BCUT2D eigenvalue weighted by molar-refractivity contribution is 6.41. The molecule has 3 N–H and O–H groups in total. The number of aliphatic imine (C=N–C) groups is 2. The lowest BCUT2D eigenvalue weighted by Gasteiger charge is -2.09. The third-order valence-electron chi connectivity index (χ3n) is 3.62. The van der Waals surface area contributed by atoms with Crippen molar-refractivity contribution in [1.82, 2.24) is 5.43 Å². The van der Waals surface area contributed by atoms with E-state index in [4.69, 9.17) is 5.84 Å². The van der Waals surface area contributed by atoms with Crippen molar-refractivity contribution in [3.8, 4) is 0 Å². The Hall–Kier alpha value is -3.46. The minimum Gasteiger partial charge on any atom is -0.289 e. The molecule has 0 saturated carbocycles. The molecule has 0 unspecified atom stereocenters. The summed E-state index contributed by atoms with van der Waals surface area (Å²) in [5, 5.41) is 11.4. The summed E-state index contributed by atoms with van der Waals surface area (Å²) >= 11 is 0. The predicted octanol–water partition coefficient (Wildman–Crippen LogP) is 1.65. The molecule has 1 aliphatic heterocycles. The number of hydrogen-bond donors (Lipinski definition) is 2. The van der Waals surface area contributed by atoms with Crippen LogP contribution in [0.1, 0.15) is 11.1 Å². The first kappa shape index (κ1) is 16.4. The Labute approximate surface area is 141 Å². The fourth-order valence-electron chi connectivity index (χ4n) is 2.51. The van der Waals surface area contributed by atoms with Gasteiger partial charge in [-0.1, -0.05) is 18.2 Å². The second kappa shape index (κ2) is 6.57. The van der Waals surface area contributed by atoms with E-state index in [2.05, 4.69) is 9.98 Å². The normalized spacial score (nSPS) is 13.2. The first-order chi connectivity index (χ1) is 12.0. The van der Waals surface area contributed by atoms with Gasteiger partial charge in [-0.15, -0.1) is 0 Å². The zero-order valence-corrected chi connectivity index (χ0v) is 12.8.